The minimum Gasteiger partial charge on any atom is -0.478 e. The van der Waals surface area contributed by atoms with E-state index >= 15 is 0 Å². The Morgan fingerprint density at radius 3 is 2.43 bits per heavy atom. The first-order valence-corrected chi connectivity index (χ1v) is 6.55. The topological polar surface area (TPSA) is 40.5 Å². The summed E-state index contributed by atoms with van der Waals surface area (Å²) < 4.78 is 41.4. The molecule has 1 N–H and O–H groups in total. The molecular formula is C16H9ClF3NO2. The smallest absolute Gasteiger partial charge is 0.338 e. The first-order chi connectivity index (χ1) is 10.8. The third kappa shape index (κ3) is 2.96. The number of aromatic carboxylic acids is 1. The van der Waals surface area contributed by atoms with Crippen LogP contribution in [0.5, 0.6) is 0 Å². The molecule has 0 radical (unpaired) electrons. The van der Waals surface area contributed by atoms with Crippen LogP contribution in [0.1, 0.15) is 21.5 Å². The number of terminal acetylenes is 1. The zero-order valence-corrected chi connectivity index (χ0v) is 12.5. The highest BCUT2D eigenvalue weighted by Crippen LogP contribution is 2.37. The van der Waals surface area contributed by atoms with Gasteiger partial charge in [0.05, 0.1) is 11.3 Å². The maximum absolute atomic E-state index is 14.1. The third-order valence-corrected chi connectivity index (χ3v) is 3.49. The Morgan fingerprint density at radius 2 is 1.91 bits per heavy atom. The second-order valence-electron chi connectivity index (χ2n) is 4.61. The normalized spacial score (nSPS) is 10.3. The maximum Gasteiger partial charge on any atom is 0.338 e. The van der Waals surface area contributed by atoms with Gasteiger partial charge in [-0.15, -0.1) is 6.42 Å². The van der Waals surface area contributed by atoms with Crippen LogP contribution in [0, 0.1) is 36.7 Å². The quantitative estimate of drug-likeness (QED) is 0.512. The summed E-state index contributed by atoms with van der Waals surface area (Å²) in [7, 11) is 0. The molecule has 0 aliphatic rings. The molecule has 0 aromatic heterocycles. The van der Waals surface area contributed by atoms with E-state index in [2.05, 4.69) is 5.92 Å². The van der Waals surface area contributed by atoms with E-state index in [1.54, 1.807) is 13.0 Å². The minimum atomic E-state index is -1.81. The van der Waals surface area contributed by atoms with Crippen LogP contribution in [0.3, 0.4) is 0 Å². The summed E-state index contributed by atoms with van der Waals surface area (Å²) in [6.07, 6.45) is 5.25. The molecule has 0 unspecified atom stereocenters. The highest BCUT2D eigenvalue weighted by Gasteiger charge is 2.27. The molecular weight excluding hydrogens is 331 g/mol. The molecule has 0 atom stereocenters. The van der Waals surface area contributed by atoms with Crippen molar-refractivity contribution in [2.75, 3.05) is 4.42 Å². The van der Waals surface area contributed by atoms with Crippen LogP contribution in [-0.2, 0) is 0 Å². The first kappa shape index (κ1) is 16.7. The van der Waals surface area contributed by atoms with Crippen molar-refractivity contribution in [1.82, 2.24) is 0 Å². The van der Waals surface area contributed by atoms with E-state index < -0.39 is 34.7 Å². The lowest BCUT2D eigenvalue weighted by Crippen LogP contribution is -2.14. The molecule has 0 aliphatic heterocycles. The van der Waals surface area contributed by atoms with Gasteiger partial charge in [0.2, 0.25) is 0 Å². The number of rotatable bonds is 3. The summed E-state index contributed by atoms with van der Waals surface area (Å²) in [6.45, 7) is 1.60. The summed E-state index contributed by atoms with van der Waals surface area (Å²) in [5.41, 5.74) is -0.402. The summed E-state index contributed by atoms with van der Waals surface area (Å²) >= 11 is 6.00. The van der Waals surface area contributed by atoms with Crippen LogP contribution in [0.15, 0.2) is 24.3 Å². The Balaban J connectivity index is 2.68. The molecule has 118 valence electrons. The summed E-state index contributed by atoms with van der Waals surface area (Å²) in [6, 6.07) is 4.85. The van der Waals surface area contributed by atoms with Crippen molar-refractivity contribution < 1.29 is 23.1 Å². The molecule has 0 bridgehead atoms. The lowest BCUT2D eigenvalue weighted by molar-refractivity contribution is 0.0696. The Morgan fingerprint density at radius 1 is 1.26 bits per heavy atom. The van der Waals surface area contributed by atoms with Gasteiger partial charge in [0.1, 0.15) is 5.69 Å². The first-order valence-electron chi connectivity index (χ1n) is 6.21. The van der Waals surface area contributed by atoms with Crippen molar-refractivity contribution in [1.29, 1.82) is 0 Å². The SMILES string of the molecule is C#Cc1ccc(N(Cl)c2c(C(=O)O)cc(F)c(F)c2F)c(C)c1. The highest BCUT2D eigenvalue weighted by molar-refractivity contribution is 6.30. The van der Waals surface area contributed by atoms with Crippen LogP contribution in [0.25, 0.3) is 0 Å². The number of nitrogens with zero attached hydrogens (tertiary/aromatic N) is 1. The van der Waals surface area contributed by atoms with Crippen molar-refractivity contribution >= 4 is 29.1 Å². The molecule has 23 heavy (non-hydrogen) atoms. The van der Waals surface area contributed by atoms with Crippen molar-refractivity contribution in [2.45, 2.75) is 6.92 Å². The Kier molecular flexibility index (Phi) is 4.52. The number of benzene rings is 2. The zero-order chi connectivity index (χ0) is 17.3. The predicted octanol–water partition coefficient (Wildman–Crippen LogP) is 4.38. The number of anilines is 2. The van der Waals surface area contributed by atoms with Gasteiger partial charge in [0, 0.05) is 17.3 Å². The molecule has 7 heteroatoms. The molecule has 3 nitrogen and oxygen atoms in total. The van der Waals surface area contributed by atoms with Crippen LogP contribution < -0.4 is 4.42 Å². The lowest BCUT2D eigenvalue weighted by Gasteiger charge is -2.21. The van der Waals surface area contributed by atoms with Gasteiger partial charge in [-0.05, 0) is 36.8 Å². The number of carboxylic acid groups (broad SMARTS) is 1. The summed E-state index contributed by atoms with van der Waals surface area (Å²) in [4.78, 5) is 11.2. The maximum atomic E-state index is 14.1. The van der Waals surface area contributed by atoms with Crippen LogP contribution in [0.4, 0.5) is 24.5 Å². The number of hydrogen-bond acceptors (Lipinski definition) is 2. The van der Waals surface area contributed by atoms with Crippen molar-refractivity contribution in [2.24, 2.45) is 0 Å². The number of carboxylic acids is 1. The average molecular weight is 340 g/mol. The molecule has 0 fully saturated rings. The van der Waals surface area contributed by atoms with E-state index in [9.17, 15) is 18.0 Å². The van der Waals surface area contributed by atoms with Gasteiger partial charge in [0.15, 0.2) is 17.5 Å². The van der Waals surface area contributed by atoms with E-state index in [1.807, 2.05) is 0 Å². The molecule has 2 rings (SSSR count). The third-order valence-electron chi connectivity index (χ3n) is 3.14. The molecule has 0 saturated carbocycles. The van der Waals surface area contributed by atoms with E-state index in [1.165, 1.54) is 12.1 Å². The lowest BCUT2D eigenvalue weighted by atomic mass is 10.1. The molecule has 0 heterocycles. The fraction of sp³-hybridized carbons (Fsp3) is 0.0625. The van der Waals surface area contributed by atoms with E-state index in [0.29, 0.717) is 21.6 Å². The Bertz CT molecular complexity index is 846. The van der Waals surface area contributed by atoms with E-state index in [-0.39, 0.29) is 5.69 Å². The number of halogens is 4. The van der Waals surface area contributed by atoms with Gasteiger partial charge < -0.3 is 5.11 Å². The van der Waals surface area contributed by atoms with Crippen molar-refractivity contribution in [3.63, 3.8) is 0 Å². The molecule has 0 amide bonds. The monoisotopic (exact) mass is 339 g/mol. The van der Waals surface area contributed by atoms with Gasteiger partial charge in [-0.1, -0.05) is 5.92 Å². The zero-order valence-electron chi connectivity index (χ0n) is 11.7. The fourth-order valence-electron chi connectivity index (χ4n) is 2.03. The summed E-state index contributed by atoms with van der Waals surface area (Å²) in [5.74, 6) is -4.39. The summed E-state index contributed by atoms with van der Waals surface area (Å²) in [5, 5.41) is 9.09. The predicted molar refractivity (Wildman–Crippen MR) is 80.4 cm³/mol. The largest absolute Gasteiger partial charge is 0.478 e. The van der Waals surface area contributed by atoms with Crippen LogP contribution in [-0.4, -0.2) is 11.1 Å². The Labute approximate surface area is 135 Å². The molecule has 0 aliphatic carbocycles. The minimum absolute atomic E-state index is 0.179. The van der Waals surface area contributed by atoms with E-state index in [0.717, 1.165) is 0 Å². The van der Waals surface area contributed by atoms with Gasteiger partial charge in [-0.3, -0.25) is 0 Å². The highest BCUT2D eigenvalue weighted by atomic mass is 35.5. The van der Waals surface area contributed by atoms with Crippen molar-refractivity contribution in [3.05, 3.63) is 58.4 Å². The molecule has 0 saturated heterocycles. The number of hydrogen-bond donors (Lipinski definition) is 1. The van der Waals surface area contributed by atoms with Crippen molar-refractivity contribution in [3.8, 4) is 12.3 Å². The van der Waals surface area contributed by atoms with Crippen LogP contribution >= 0.6 is 11.8 Å². The molecule has 2 aromatic carbocycles. The standard InChI is InChI=1S/C16H9ClF3NO2/c1-3-9-4-5-12(8(2)6-9)21(17)15-10(16(22)23)7-11(18)13(19)14(15)20/h1,4-7H,2H3,(H,22,23). The van der Waals surface area contributed by atoms with Gasteiger partial charge >= 0.3 is 5.97 Å². The van der Waals surface area contributed by atoms with Gasteiger partial charge in [0.25, 0.3) is 0 Å². The number of carbonyl (C=O) groups is 1. The average Bonchev–Trinajstić information content (AvgIpc) is 2.51. The van der Waals surface area contributed by atoms with Gasteiger partial charge in [-0.25, -0.2) is 22.4 Å². The second kappa shape index (κ2) is 6.23. The second-order valence-corrected chi connectivity index (χ2v) is 4.95. The molecule has 0 spiro atoms. The van der Waals surface area contributed by atoms with E-state index in [4.69, 9.17) is 23.3 Å². The van der Waals surface area contributed by atoms with Crippen LogP contribution in [0.2, 0.25) is 0 Å². The number of aryl methyl sites for hydroxylation is 1. The van der Waals surface area contributed by atoms with Gasteiger partial charge in [-0.2, -0.15) is 0 Å². The Hall–Kier alpha value is -2.65. The fourth-order valence-corrected chi connectivity index (χ4v) is 2.38. The molecule has 2 aromatic rings.